The van der Waals surface area contributed by atoms with E-state index in [1.54, 1.807) is 0 Å². The molecule has 5 heterocycles. The van der Waals surface area contributed by atoms with Crippen LogP contribution < -0.4 is 21.3 Å². The van der Waals surface area contributed by atoms with Crippen molar-refractivity contribution in [3.63, 3.8) is 0 Å². The van der Waals surface area contributed by atoms with Gasteiger partial charge in [-0.1, -0.05) is 140 Å². The summed E-state index contributed by atoms with van der Waals surface area (Å²) in [6, 6.07) is 39.7. The molecule has 3 aromatic carbocycles. The summed E-state index contributed by atoms with van der Waals surface area (Å²) in [5, 5.41) is 2.82. The lowest BCUT2D eigenvalue weighted by Gasteiger charge is -2.41. The predicted molar refractivity (Wildman–Crippen MR) is 229 cm³/mol. The zero-order valence-electron chi connectivity index (χ0n) is 31.3. The highest BCUT2D eigenvalue weighted by atomic mass is 28.3. The van der Waals surface area contributed by atoms with Crippen LogP contribution in [-0.4, -0.2) is 51.9 Å². The molecule has 0 fully saturated rings. The second-order valence-electron chi connectivity index (χ2n) is 15.2. The third-order valence-electron chi connectivity index (χ3n) is 11.3. The second-order valence-corrected chi connectivity index (χ2v) is 19.5. The highest BCUT2D eigenvalue weighted by molar-refractivity contribution is 7.15. The smallest absolute Gasteiger partial charge is 0.288 e. The molecule has 2 unspecified atom stereocenters. The maximum absolute atomic E-state index is 6.79. The summed E-state index contributed by atoms with van der Waals surface area (Å²) in [7, 11) is -2.31. The molecule has 2 aliphatic heterocycles. The fourth-order valence-corrected chi connectivity index (χ4v) is 12.3. The van der Waals surface area contributed by atoms with Gasteiger partial charge in [0.25, 0.3) is 6.71 Å². The maximum Gasteiger partial charge on any atom is 0.288 e. The number of benzene rings is 3. The number of aromatic nitrogens is 5. The highest BCUT2D eigenvalue weighted by Gasteiger charge is 2.53. The van der Waals surface area contributed by atoms with Gasteiger partial charge in [0.2, 0.25) is 0 Å². The topological polar surface area (TPSA) is 76.9 Å². The Labute approximate surface area is 328 Å². The van der Waals surface area contributed by atoms with E-state index in [4.69, 9.17) is 24.7 Å². The molecule has 6 aromatic rings. The summed E-state index contributed by atoms with van der Waals surface area (Å²) in [6.07, 6.45) is 18.1. The first-order valence-corrected chi connectivity index (χ1v) is 22.3. The number of allylic oxidation sites excluding steroid dienone is 4. The molecule has 2 atom stereocenters. The van der Waals surface area contributed by atoms with Crippen molar-refractivity contribution < 1.29 is 4.74 Å². The van der Waals surface area contributed by atoms with Crippen molar-refractivity contribution in [1.29, 1.82) is 0 Å². The number of anilines is 1. The normalized spacial score (nSPS) is 19.2. The summed E-state index contributed by atoms with van der Waals surface area (Å²) in [6.45, 7) is 4.74. The molecule has 4 aliphatic rings. The van der Waals surface area contributed by atoms with E-state index in [-0.39, 0.29) is 18.9 Å². The standard InChI is InChI=1S/C47H39BN6OSi/c1-56(2)41-27-10-9-24-38(41)42-43(56)48(47-52-44(32-16-5-3-6-17-32)51-45(53-47)33-18-7-4-8-19-33)39-25-15-29-50-46(39)54(42)35-21-14-23-37(31-35)55-36-22-13-20-34(30-36)40-26-11-12-28-49-40/h3-29,35-36H,30-31H2,1-2H3. The van der Waals surface area contributed by atoms with Crippen molar-refractivity contribution in [3.8, 4) is 22.8 Å². The van der Waals surface area contributed by atoms with Crippen LogP contribution in [0.25, 0.3) is 34.0 Å². The van der Waals surface area contributed by atoms with Crippen LogP contribution in [0.4, 0.5) is 5.82 Å². The number of fused-ring (bicyclic) bond motifs is 3. The summed E-state index contributed by atoms with van der Waals surface area (Å²) < 4.78 is 6.79. The molecule has 270 valence electrons. The van der Waals surface area contributed by atoms with Crippen LogP contribution in [0.5, 0.6) is 0 Å². The zero-order chi connectivity index (χ0) is 37.6. The summed E-state index contributed by atoms with van der Waals surface area (Å²) >= 11 is 0. The molecule has 0 bridgehead atoms. The largest absolute Gasteiger partial charge is 0.490 e. The first-order valence-electron chi connectivity index (χ1n) is 19.3. The average molecular weight is 743 g/mol. The monoisotopic (exact) mass is 742 g/mol. The Hall–Kier alpha value is -6.45. The molecular formula is C47H39BN6OSi. The van der Waals surface area contributed by atoms with E-state index >= 15 is 0 Å². The minimum Gasteiger partial charge on any atom is -0.490 e. The average Bonchev–Trinajstić information content (AvgIpc) is 3.49. The molecule has 56 heavy (non-hydrogen) atoms. The number of rotatable bonds is 7. The van der Waals surface area contributed by atoms with Gasteiger partial charge in [0.05, 0.1) is 17.5 Å². The van der Waals surface area contributed by atoms with E-state index in [0.29, 0.717) is 18.1 Å². The van der Waals surface area contributed by atoms with Gasteiger partial charge in [-0.3, -0.25) is 4.98 Å². The van der Waals surface area contributed by atoms with Gasteiger partial charge in [0.15, 0.2) is 11.6 Å². The van der Waals surface area contributed by atoms with Crippen molar-refractivity contribution >= 4 is 48.2 Å². The fourth-order valence-electron chi connectivity index (χ4n) is 8.79. The number of nitrogens with zero attached hydrogens (tertiary/aromatic N) is 6. The van der Waals surface area contributed by atoms with Gasteiger partial charge in [0, 0.05) is 42.1 Å². The molecule has 3 aromatic heterocycles. The van der Waals surface area contributed by atoms with E-state index < -0.39 is 8.07 Å². The molecule has 0 amide bonds. The van der Waals surface area contributed by atoms with Gasteiger partial charge in [0.1, 0.15) is 25.7 Å². The van der Waals surface area contributed by atoms with Crippen molar-refractivity contribution in [1.82, 2.24) is 24.9 Å². The van der Waals surface area contributed by atoms with Crippen molar-refractivity contribution in [2.24, 2.45) is 0 Å². The van der Waals surface area contributed by atoms with Crippen molar-refractivity contribution in [2.45, 2.75) is 38.1 Å². The third-order valence-corrected chi connectivity index (χ3v) is 15.0. The van der Waals surface area contributed by atoms with Gasteiger partial charge < -0.3 is 9.64 Å². The van der Waals surface area contributed by atoms with Crippen LogP contribution in [0.15, 0.2) is 175 Å². The van der Waals surface area contributed by atoms with Crippen LogP contribution in [0, 0.1) is 0 Å². The van der Waals surface area contributed by atoms with Crippen LogP contribution in [0.3, 0.4) is 0 Å². The molecule has 2 aliphatic carbocycles. The molecule has 7 nitrogen and oxygen atoms in total. The lowest BCUT2D eigenvalue weighted by molar-refractivity contribution is 0.147. The van der Waals surface area contributed by atoms with E-state index in [2.05, 4.69) is 126 Å². The maximum atomic E-state index is 6.79. The highest BCUT2D eigenvalue weighted by Crippen LogP contribution is 2.44. The molecule has 0 radical (unpaired) electrons. The van der Waals surface area contributed by atoms with Gasteiger partial charge in [-0.05, 0) is 52.1 Å². The Kier molecular flexibility index (Phi) is 8.52. The SMILES string of the molecule is C[Si]1(C)C2=C(c3ccccc31)N(C1C=CC=C(OC3C=CC=C(c4ccccn4)C3)C1)c1ncccc1B2c1nc(-c2ccccc2)nc(-c2ccccc2)n1. The lowest BCUT2D eigenvalue weighted by Crippen LogP contribution is -2.60. The molecule has 0 spiro atoms. The zero-order valence-corrected chi connectivity index (χ0v) is 32.3. The lowest BCUT2D eigenvalue weighted by atomic mass is 9.42. The number of pyridine rings is 2. The van der Waals surface area contributed by atoms with Crippen molar-refractivity contribution in [2.75, 3.05) is 4.90 Å². The minimum atomic E-state index is -2.31. The molecular weight excluding hydrogens is 703 g/mol. The van der Waals surface area contributed by atoms with E-state index in [0.717, 1.165) is 46.0 Å². The first-order chi connectivity index (χ1) is 27.5. The van der Waals surface area contributed by atoms with Crippen molar-refractivity contribution in [3.05, 3.63) is 186 Å². The number of ether oxygens (including phenoxy) is 1. The van der Waals surface area contributed by atoms with Gasteiger partial charge >= 0.3 is 0 Å². The third kappa shape index (κ3) is 5.95. The Morgan fingerprint density at radius 3 is 2.12 bits per heavy atom. The fraction of sp³-hybridized carbons (Fsp3) is 0.128. The Bertz CT molecular complexity index is 2560. The summed E-state index contributed by atoms with van der Waals surface area (Å²) in [5.74, 6) is 3.21. The van der Waals surface area contributed by atoms with E-state index in [1.807, 2.05) is 60.9 Å². The van der Waals surface area contributed by atoms with Gasteiger partial charge in [-0.2, -0.15) is 0 Å². The molecule has 10 rings (SSSR count). The number of hydrogen-bond donors (Lipinski definition) is 0. The molecule has 0 saturated heterocycles. The summed E-state index contributed by atoms with van der Waals surface area (Å²) in [5.41, 5.74) is 8.43. The van der Waals surface area contributed by atoms with Crippen LogP contribution in [0.1, 0.15) is 24.1 Å². The van der Waals surface area contributed by atoms with Crippen LogP contribution in [-0.2, 0) is 4.74 Å². The molecule has 0 saturated carbocycles. The number of hydrogen-bond acceptors (Lipinski definition) is 7. The Morgan fingerprint density at radius 2 is 1.38 bits per heavy atom. The van der Waals surface area contributed by atoms with Gasteiger partial charge in [-0.15, -0.1) is 0 Å². The minimum absolute atomic E-state index is 0.0259. The Morgan fingerprint density at radius 1 is 0.679 bits per heavy atom. The molecule has 0 N–H and O–H groups in total. The van der Waals surface area contributed by atoms with Gasteiger partial charge in [-0.25, -0.2) is 19.9 Å². The van der Waals surface area contributed by atoms with Crippen LogP contribution in [0.2, 0.25) is 13.1 Å². The first kappa shape index (κ1) is 34.1. The predicted octanol–water partition coefficient (Wildman–Crippen LogP) is 7.48. The van der Waals surface area contributed by atoms with E-state index in [1.165, 1.54) is 27.1 Å². The molecule has 9 heteroatoms. The Balaban J connectivity index is 1.08. The quantitative estimate of drug-likeness (QED) is 0.157. The van der Waals surface area contributed by atoms with E-state index in [9.17, 15) is 0 Å². The van der Waals surface area contributed by atoms with Crippen LogP contribution >= 0.6 is 0 Å². The summed E-state index contributed by atoms with van der Waals surface area (Å²) in [4.78, 5) is 28.0. The second kappa shape index (κ2) is 14.0.